The molecule has 4 nitrogen and oxygen atoms in total. The lowest BCUT2D eigenvalue weighted by atomic mass is 10.0. The number of ketones is 1. The number of carbonyl (C=O) groups excluding carboxylic acids is 1. The van der Waals surface area contributed by atoms with Crippen LogP contribution in [0.1, 0.15) is 21.5 Å². The van der Waals surface area contributed by atoms with Crippen molar-refractivity contribution in [1.29, 1.82) is 5.41 Å². The molecule has 0 heterocycles. The van der Waals surface area contributed by atoms with Crippen LogP contribution in [0.2, 0.25) is 0 Å². The van der Waals surface area contributed by atoms with E-state index in [0.29, 0.717) is 17.5 Å². The minimum absolute atomic E-state index is 0.0260. The van der Waals surface area contributed by atoms with Crippen LogP contribution in [-0.2, 0) is 6.42 Å². The lowest BCUT2D eigenvalue weighted by Gasteiger charge is -2.04. The van der Waals surface area contributed by atoms with Crippen LogP contribution in [0.4, 0.5) is 0 Å². The number of nitrogen functional groups attached to an aromatic ring is 1. The molecule has 3 N–H and O–H groups in total. The summed E-state index contributed by atoms with van der Waals surface area (Å²) in [4.78, 5) is 12.1. The van der Waals surface area contributed by atoms with E-state index in [0.717, 1.165) is 11.3 Å². The van der Waals surface area contributed by atoms with Gasteiger partial charge in [0.25, 0.3) is 0 Å². The lowest BCUT2D eigenvalue weighted by Crippen LogP contribution is -2.11. The fourth-order valence-electron chi connectivity index (χ4n) is 1.87. The molecule has 0 saturated heterocycles. The second-order valence-electron chi connectivity index (χ2n) is 4.44. The summed E-state index contributed by atoms with van der Waals surface area (Å²) in [6.45, 7) is 0. The monoisotopic (exact) mass is 268 g/mol. The summed E-state index contributed by atoms with van der Waals surface area (Å²) < 4.78 is 5.06. The van der Waals surface area contributed by atoms with Crippen LogP contribution in [0.3, 0.4) is 0 Å². The van der Waals surface area contributed by atoms with E-state index in [9.17, 15) is 4.79 Å². The first-order chi connectivity index (χ1) is 9.60. The largest absolute Gasteiger partial charge is 0.497 e. The van der Waals surface area contributed by atoms with Crippen molar-refractivity contribution in [3.8, 4) is 5.75 Å². The van der Waals surface area contributed by atoms with E-state index in [-0.39, 0.29) is 11.6 Å². The number of amidine groups is 1. The predicted octanol–water partition coefficient (Wildman–Crippen LogP) is 2.40. The number of methoxy groups -OCH3 is 1. The number of nitrogens with one attached hydrogen (secondary N) is 1. The number of nitrogens with two attached hydrogens (primary N) is 1. The molecule has 102 valence electrons. The van der Waals surface area contributed by atoms with Crippen LogP contribution < -0.4 is 10.5 Å². The summed E-state index contributed by atoms with van der Waals surface area (Å²) in [6, 6.07) is 14.2. The summed E-state index contributed by atoms with van der Waals surface area (Å²) in [5.41, 5.74) is 7.60. The van der Waals surface area contributed by atoms with Gasteiger partial charge in [0.15, 0.2) is 5.78 Å². The van der Waals surface area contributed by atoms with E-state index in [1.165, 1.54) is 0 Å². The molecule has 0 fully saturated rings. The molecule has 0 unspecified atom stereocenters. The van der Waals surface area contributed by atoms with Crippen molar-refractivity contribution in [2.24, 2.45) is 5.73 Å². The molecular formula is C16H16N2O2. The van der Waals surface area contributed by atoms with Crippen molar-refractivity contribution >= 4 is 11.6 Å². The van der Waals surface area contributed by atoms with Gasteiger partial charge in [0.1, 0.15) is 11.6 Å². The standard InChI is InChI=1S/C16H16N2O2/c1-20-14-8-6-12(7-9-14)15(19)10-11-2-4-13(5-3-11)16(17)18/h2-9H,10H2,1H3,(H3,17,18). The summed E-state index contributed by atoms with van der Waals surface area (Å²) in [5.74, 6) is 0.800. The van der Waals surface area contributed by atoms with Gasteiger partial charge in [0, 0.05) is 17.5 Å². The number of hydrogen-bond donors (Lipinski definition) is 2. The first-order valence-electron chi connectivity index (χ1n) is 6.21. The Balaban J connectivity index is 2.08. The Morgan fingerprint density at radius 3 is 2.10 bits per heavy atom. The highest BCUT2D eigenvalue weighted by molar-refractivity contribution is 5.98. The van der Waals surface area contributed by atoms with Crippen LogP contribution >= 0.6 is 0 Å². The Labute approximate surface area is 117 Å². The molecule has 4 heteroatoms. The molecule has 0 aliphatic carbocycles. The molecule has 0 radical (unpaired) electrons. The normalized spacial score (nSPS) is 10.1. The van der Waals surface area contributed by atoms with Crippen molar-refractivity contribution in [3.05, 3.63) is 65.2 Å². The van der Waals surface area contributed by atoms with Crippen LogP contribution in [-0.4, -0.2) is 18.7 Å². The molecule has 0 bridgehead atoms. The van der Waals surface area contributed by atoms with E-state index in [2.05, 4.69) is 0 Å². The summed E-state index contributed by atoms with van der Waals surface area (Å²) in [7, 11) is 1.59. The van der Waals surface area contributed by atoms with Gasteiger partial charge < -0.3 is 10.5 Å². The maximum absolute atomic E-state index is 12.1. The summed E-state index contributed by atoms with van der Waals surface area (Å²) in [6.07, 6.45) is 0.324. The number of carbonyl (C=O) groups is 1. The molecule has 0 aliphatic heterocycles. The Hall–Kier alpha value is -2.62. The molecule has 0 saturated carbocycles. The fourth-order valence-corrected chi connectivity index (χ4v) is 1.87. The summed E-state index contributed by atoms with van der Waals surface area (Å²) >= 11 is 0. The Bertz CT molecular complexity index is 616. The van der Waals surface area contributed by atoms with Gasteiger partial charge in [-0.05, 0) is 29.8 Å². The molecule has 0 spiro atoms. The van der Waals surface area contributed by atoms with E-state index in [4.69, 9.17) is 15.9 Å². The van der Waals surface area contributed by atoms with Gasteiger partial charge in [-0.15, -0.1) is 0 Å². The zero-order valence-corrected chi connectivity index (χ0v) is 11.2. The van der Waals surface area contributed by atoms with Crippen LogP contribution in [0, 0.1) is 5.41 Å². The van der Waals surface area contributed by atoms with Crippen molar-refractivity contribution in [1.82, 2.24) is 0 Å². The second-order valence-corrected chi connectivity index (χ2v) is 4.44. The van der Waals surface area contributed by atoms with Crippen LogP contribution in [0.25, 0.3) is 0 Å². The van der Waals surface area contributed by atoms with Crippen molar-refractivity contribution < 1.29 is 9.53 Å². The highest BCUT2D eigenvalue weighted by atomic mass is 16.5. The lowest BCUT2D eigenvalue weighted by molar-refractivity contribution is 0.0993. The maximum Gasteiger partial charge on any atom is 0.167 e. The minimum Gasteiger partial charge on any atom is -0.497 e. The zero-order chi connectivity index (χ0) is 14.5. The van der Waals surface area contributed by atoms with Gasteiger partial charge in [-0.1, -0.05) is 24.3 Å². The van der Waals surface area contributed by atoms with E-state index in [1.807, 2.05) is 12.1 Å². The first-order valence-corrected chi connectivity index (χ1v) is 6.21. The smallest absolute Gasteiger partial charge is 0.167 e. The topological polar surface area (TPSA) is 76.2 Å². The Morgan fingerprint density at radius 2 is 1.60 bits per heavy atom. The number of Topliss-reactive ketones (excluding diaryl/α,β-unsaturated/α-hetero) is 1. The highest BCUT2D eigenvalue weighted by Crippen LogP contribution is 2.14. The van der Waals surface area contributed by atoms with Gasteiger partial charge in [-0.25, -0.2) is 0 Å². The van der Waals surface area contributed by atoms with Crippen molar-refractivity contribution in [2.75, 3.05) is 7.11 Å². The zero-order valence-electron chi connectivity index (χ0n) is 11.2. The number of ether oxygens (including phenoxy) is 1. The molecular weight excluding hydrogens is 252 g/mol. The van der Waals surface area contributed by atoms with Crippen LogP contribution in [0.5, 0.6) is 5.75 Å². The van der Waals surface area contributed by atoms with Crippen molar-refractivity contribution in [2.45, 2.75) is 6.42 Å². The highest BCUT2D eigenvalue weighted by Gasteiger charge is 2.07. The van der Waals surface area contributed by atoms with Gasteiger partial charge in [0.05, 0.1) is 7.11 Å². The van der Waals surface area contributed by atoms with E-state index < -0.39 is 0 Å². The van der Waals surface area contributed by atoms with Gasteiger partial charge in [-0.2, -0.15) is 0 Å². The minimum atomic E-state index is 0.0260. The molecule has 2 aromatic carbocycles. The molecule has 20 heavy (non-hydrogen) atoms. The van der Waals surface area contributed by atoms with Gasteiger partial charge in [-0.3, -0.25) is 10.2 Å². The first kappa shape index (κ1) is 13.8. The average molecular weight is 268 g/mol. The molecule has 0 aromatic heterocycles. The second kappa shape index (κ2) is 6.02. The number of rotatable bonds is 5. The Kier molecular flexibility index (Phi) is 4.15. The molecule has 0 amide bonds. The van der Waals surface area contributed by atoms with Crippen LogP contribution in [0.15, 0.2) is 48.5 Å². The number of hydrogen-bond acceptors (Lipinski definition) is 3. The quantitative estimate of drug-likeness (QED) is 0.496. The third-order valence-corrected chi connectivity index (χ3v) is 3.04. The molecule has 0 atom stereocenters. The molecule has 2 rings (SSSR count). The predicted molar refractivity (Wildman–Crippen MR) is 78.5 cm³/mol. The van der Waals surface area contributed by atoms with Gasteiger partial charge >= 0.3 is 0 Å². The van der Waals surface area contributed by atoms with Crippen molar-refractivity contribution in [3.63, 3.8) is 0 Å². The summed E-state index contributed by atoms with van der Waals surface area (Å²) in [5, 5.41) is 7.32. The third kappa shape index (κ3) is 3.23. The maximum atomic E-state index is 12.1. The fraction of sp³-hybridized carbons (Fsp3) is 0.125. The third-order valence-electron chi connectivity index (χ3n) is 3.04. The SMILES string of the molecule is COc1ccc(C(=O)Cc2ccc(C(=N)N)cc2)cc1. The number of benzene rings is 2. The average Bonchev–Trinajstić information content (AvgIpc) is 2.48. The Morgan fingerprint density at radius 1 is 1.05 bits per heavy atom. The molecule has 2 aromatic rings. The van der Waals surface area contributed by atoms with E-state index in [1.54, 1.807) is 43.5 Å². The van der Waals surface area contributed by atoms with Gasteiger partial charge in [0.2, 0.25) is 0 Å². The van der Waals surface area contributed by atoms with E-state index >= 15 is 0 Å². The molecule has 0 aliphatic rings.